The first-order valence-corrected chi connectivity index (χ1v) is 13.9. The first-order chi connectivity index (χ1) is 19.3. The minimum atomic E-state index is -5.04. The van der Waals surface area contributed by atoms with Gasteiger partial charge in [-0.15, -0.1) is 11.3 Å². The summed E-state index contributed by atoms with van der Waals surface area (Å²) < 4.78 is 87.8. The molecule has 5 rings (SSSR count). The number of carbonyl (C=O) groups is 2. The number of ether oxygens (including phenoxy) is 1. The molecular formula is C25H27F6N5O4S. The number of anilines is 1. The summed E-state index contributed by atoms with van der Waals surface area (Å²) in [6.07, 6.45) is -7.48. The molecule has 0 aromatic carbocycles. The van der Waals surface area contributed by atoms with Gasteiger partial charge in [0.1, 0.15) is 17.6 Å². The lowest BCUT2D eigenvalue weighted by molar-refractivity contribution is -0.142. The second-order valence-corrected chi connectivity index (χ2v) is 11.3. The Bertz CT molecular complexity index is 1300. The third-order valence-corrected chi connectivity index (χ3v) is 8.75. The van der Waals surface area contributed by atoms with E-state index >= 15 is 0 Å². The fourth-order valence-electron chi connectivity index (χ4n) is 5.57. The van der Waals surface area contributed by atoms with Crippen LogP contribution in [0.25, 0.3) is 10.4 Å². The number of aromatic nitrogens is 2. The van der Waals surface area contributed by atoms with Crippen molar-refractivity contribution in [1.82, 2.24) is 20.2 Å². The van der Waals surface area contributed by atoms with Crippen LogP contribution in [0.2, 0.25) is 0 Å². The molecule has 2 bridgehead atoms. The Balaban J connectivity index is 1.56. The molecule has 2 aromatic heterocycles. The zero-order valence-electron chi connectivity index (χ0n) is 21.7. The van der Waals surface area contributed by atoms with E-state index in [1.807, 2.05) is 5.32 Å². The van der Waals surface area contributed by atoms with E-state index in [0.717, 1.165) is 31.9 Å². The van der Waals surface area contributed by atoms with Gasteiger partial charge in [-0.1, -0.05) is 6.92 Å². The van der Waals surface area contributed by atoms with Crippen LogP contribution < -0.4 is 10.6 Å². The van der Waals surface area contributed by atoms with Crippen LogP contribution in [0.1, 0.15) is 64.9 Å². The van der Waals surface area contributed by atoms with Gasteiger partial charge in [0.15, 0.2) is 5.01 Å². The molecule has 0 radical (unpaired) electrons. The van der Waals surface area contributed by atoms with E-state index in [4.69, 9.17) is 4.74 Å². The second-order valence-electron chi connectivity index (χ2n) is 10.3. The van der Waals surface area contributed by atoms with Gasteiger partial charge in [0.2, 0.25) is 0 Å². The minimum Gasteiger partial charge on any atom is -0.388 e. The predicted molar refractivity (Wildman–Crippen MR) is 134 cm³/mol. The van der Waals surface area contributed by atoms with Crippen LogP contribution in [0, 0.1) is 0 Å². The number of aliphatic hydroxyl groups is 1. The lowest BCUT2D eigenvalue weighted by Crippen LogP contribution is -2.42. The Morgan fingerprint density at radius 3 is 2.34 bits per heavy atom. The zero-order chi connectivity index (χ0) is 29.7. The smallest absolute Gasteiger partial charge is 0.388 e. The van der Waals surface area contributed by atoms with Crippen LogP contribution in [-0.2, 0) is 10.9 Å². The van der Waals surface area contributed by atoms with Gasteiger partial charge in [0.25, 0.3) is 11.8 Å². The molecule has 9 nitrogen and oxygen atoms in total. The topological polar surface area (TPSA) is 117 Å². The van der Waals surface area contributed by atoms with Crippen LogP contribution in [0.15, 0.2) is 12.3 Å². The van der Waals surface area contributed by atoms with Gasteiger partial charge < -0.3 is 25.4 Å². The molecule has 2 aromatic rings. The average Bonchev–Trinajstić information content (AvgIpc) is 3.70. The average molecular weight is 608 g/mol. The number of halogens is 6. The summed E-state index contributed by atoms with van der Waals surface area (Å²) in [4.78, 5) is 36.0. The van der Waals surface area contributed by atoms with Crippen molar-refractivity contribution in [3.8, 4) is 10.4 Å². The summed E-state index contributed by atoms with van der Waals surface area (Å²) in [5, 5.41) is 14.2. The van der Waals surface area contributed by atoms with Crippen LogP contribution in [-0.4, -0.2) is 81.5 Å². The van der Waals surface area contributed by atoms with Crippen LogP contribution in [0.5, 0.6) is 0 Å². The molecule has 0 spiro atoms. The summed E-state index contributed by atoms with van der Waals surface area (Å²) in [6.45, 7) is 1.24. The molecule has 224 valence electrons. The van der Waals surface area contributed by atoms with Gasteiger partial charge in [0.05, 0.1) is 35.8 Å². The van der Waals surface area contributed by atoms with Crippen molar-refractivity contribution in [2.75, 3.05) is 18.5 Å². The maximum absolute atomic E-state index is 14.3. The van der Waals surface area contributed by atoms with E-state index < -0.39 is 65.7 Å². The zero-order valence-corrected chi connectivity index (χ0v) is 22.5. The number of hydrogen-bond acceptors (Lipinski definition) is 8. The first kappa shape index (κ1) is 29.5. The van der Waals surface area contributed by atoms with Gasteiger partial charge in [-0.3, -0.25) is 9.59 Å². The molecule has 2 amide bonds. The standard InChI is InChI=1S/C25H27F6N5O4S/c1-2-17(25(29,30)31)34-18-7-14(24(26,27)28)13(8-32-18)20-19(23(39)36-11-3-4-12(36)6-5-11)35-22(41-20)21(38)33-15-9-40-10-16(15)37/h7-8,11-12,15-17,37H,2-6,9-10H2,1H3,(H,32,34)(H,33,38)/t11?,12?,15-,16-,17+/m1/s1. The lowest BCUT2D eigenvalue weighted by atomic mass is 10.0. The normalized spacial score (nSPS) is 25.0. The minimum absolute atomic E-state index is 0.0102. The highest BCUT2D eigenvalue weighted by atomic mass is 32.1. The molecule has 3 atom stereocenters. The van der Waals surface area contributed by atoms with E-state index in [9.17, 15) is 41.0 Å². The van der Waals surface area contributed by atoms with Crippen molar-refractivity contribution in [3.05, 3.63) is 28.5 Å². The lowest BCUT2D eigenvalue weighted by Gasteiger charge is -2.23. The van der Waals surface area contributed by atoms with Crippen LogP contribution >= 0.6 is 11.3 Å². The molecule has 41 heavy (non-hydrogen) atoms. The number of amides is 2. The van der Waals surface area contributed by atoms with Gasteiger partial charge >= 0.3 is 12.4 Å². The number of fused-ring (bicyclic) bond motifs is 2. The number of nitrogens with one attached hydrogen (secondary N) is 2. The van der Waals surface area contributed by atoms with E-state index in [1.165, 1.54) is 6.92 Å². The molecule has 3 fully saturated rings. The molecule has 0 unspecified atom stereocenters. The fourth-order valence-corrected chi connectivity index (χ4v) is 6.55. The van der Waals surface area contributed by atoms with Gasteiger partial charge in [-0.05, 0) is 38.2 Å². The molecule has 3 N–H and O–H groups in total. The highest BCUT2D eigenvalue weighted by Gasteiger charge is 2.45. The number of carbonyl (C=O) groups excluding carboxylic acids is 2. The third-order valence-electron chi connectivity index (χ3n) is 7.66. The van der Waals surface area contributed by atoms with Crippen LogP contribution in [0.4, 0.5) is 32.2 Å². The predicted octanol–water partition coefficient (Wildman–Crippen LogP) is 4.23. The van der Waals surface area contributed by atoms with E-state index in [2.05, 4.69) is 15.3 Å². The Morgan fingerprint density at radius 1 is 1.15 bits per heavy atom. The molecule has 0 aliphatic carbocycles. The van der Waals surface area contributed by atoms with E-state index in [0.29, 0.717) is 17.4 Å². The van der Waals surface area contributed by atoms with Crippen molar-refractivity contribution < 1.29 is 45.8 Å². The maximum atomic E-state index is 14.3. The van der Waals surface area contributed by atoms with Crippen molar-refractivity contribution in [1.29, 1.82) is 0 Å². The fraction of sp³-hybridized carbons (Fsp3) is 0.600. The number of aliphatic hydroxyl groups excluding tert-OH is 1. The maximum Gasteiger partial charge on any atom is 0.417 e. The van der Waals surface area contributed by atoms with Gasteiger partial charge in [-0.2, -0.15) is 26.3 Å². The van der Waals surface area contributed by atoms with E-state index in [-0.39, 0.29) is 40.9 Å². The molecule has 3 aliphatic heterocycles. The second kappa shape index (κ2) is 11.0. The summed E-state index contributed by atoms with van der Waals surface area (Å²) in [5.41, 5.74) is -2.28. The molecule has 0 saturated carbocycles. The Morgan fingerprint density at radius 2 is 1.80 bits per heavy atom. The third kappa shape index (κ3) is 5.86. The van der Waals surface area contributed by atoms with Crippen molar-refractivity contribution >= 4 is 29.0 Å². The van der Waals surface area contributed by atoms with E-state index in [1.54, 1.807) is 4.90 Å². The van der Waals surface area contributed by atoms with Crippen molar-refractivity contribution in [3.63, 3.8) is 0 Å². The number of nitrogens with zero attached hydrogens (tertiary/aromatic N) is 3. The van der Waals surface area contributed by atoms with Crippen molar-refractivity contribution in [2.45, 2.75) is 81.7 Å². The summed E-state index contributed by atoms with van der Waals surface area (Å²) >= 11 is 0.541. The van der Waals surface area contributed by atoms with Crippen molar-refractivity contribution in [2.24, 2.45) is 0 Å². The number of rotatable bonds is 7. The monoisotopic (exact) mass is 607 g/mol. The molecule has 3 saturated heterocycles. The number of alkyl halides is 6. The number of thiazole rings is 1. The first-order valence-electron chi connectivity index (χ1n) is 13.1. The summed E-state index contributed by atoms with van der Waals surface area (Å²) in [6, 6.07) is -2.63. The number of hydrogen-bond donors (Lipinski definition) is 3. The molecule has 5 heterocycles. The van der Waals surface area contributed by atoms with Gasteiger partial charge in [-0.25, -0.2) is 9.97 Å². The highest BCUT2D eigenvalue weighted by Crippen LogP contribution is 2.44. The molecule has 3 aliphatic rings. The Kier molecular flexibility index (Phi) is 7.93. The SMILES string of the molecule is CC[C@H](Nc1cc(C(F)(F)F)c(-c2sc(C(=O)N[C@@H]3COC[C@H]3O)nc2C(=O)N2C3CCC2CC3)cn1)C(F)(F)F. The van der Waals surface area contributed by atoms with Crippen LogP contribution in [0.3, 0.4) is 0 Å². The Hall–Kier alpha value is -2.98. The summed E-state index contributed by atoms with van der Waals surface area (Å²) in [7, 11) is 0. The largest absolute Gasteiger partial charge is 0.417 e. The molecule has 16 heteroatoms. The molecular weight excluding hydrogens is 580 g/mol. The Labute approximate surface area is 234 Å². The highest BCUT2D eigenvalue weighted by molar-refractivity contribution is 7.17. The quantitative estimate of drug-likeness (QED) is 0.404. The van der Waals surface area contributed by atoms with Gasteiger partial charge in [0, 0.05) is 23.8 Å². The summed E-state index contributed by atoms with van der Waals surface area (Å²) in [5.74, 6) is -2.08. The number of pyridine rings is 1.